The third-order valence-corrected chi connectivity index (χ3v) is 4.17. The van der Waals surface area contributed by atoms with Gasteiger partial charge < -0.3 is 19.3 Å². The van der Waals surface area contributed by atoms with E-state index in [9.17, 15) is 9.59 Å². The number of hydrogen-bond donors (Lipinski definition) is 1. The first-order chi connectivity index (χ1) is 13.3. The number of esters is 1. The van der Waals surface area contributed by atoms with E-state index in [-0.39, 0.29) is 19.3 Å². The molecule has 0 saturated heterocycles. The van der Waals surface area contributed by atoms with Crippen LogP contribution in [-0.4, -0.2) is 42.5 Å². The van der Waals surface area contributed by atoms with Gasteiger partial charge in [0.15, 0.2) is 0 Å². The van der Waals surface area contributed by atoms with Gasteiger partial charge in [0.05, 0.1) is 13.2 Å². The quantitative estimate of drug-likeness (QED) is 0.184. The fourth-order valence-electron chi connectivity index (χ4n) is 2.64. The van der Waals surface area contributed by atoms with Crippen LogP contribution in [0, 0.1) is 0 Å². The van der Waals surface area contributed by atoms with E-state index >= 15 is 0 Å². The first-order valence-corrected chi connectivity index (χ1v) is 10.7. The number of carboxylic acids is 1. The Labute approximate surface area is 170 Å². The zero-order chi connectivity index (χ0) is 21.3. The number of hydrogen-bond acceptors (Lipinski definition) is 6. The predicted octanol–water partition coefficient (Wildman–Crippen LogP) is 5.01. The molecule has 0 bridgehead atoms. The molecule has 0 aliphatic rings. The summed E-state index contributed by atoms with van der Waals surface area (Å²) in [6, 6.07) is 0. The Morgan fingerprint density at radius 1 is 0.857 bits per heavy atom. The Morgan fingerprint density at radius 3 is 1.86 bits per heavy atom. The second kappa shape index (κ2) is 16.7. The van der Waals surface area contributed by atoms with Crippen LogP contribution in [0.4, 0.5) is 0 Å². The maximum Gasteiger partial charge on any atom is 0.308 e. The van der Waals surface area contributed by atoms with Crippen LogP contribution in [0.15, 0.2) is 0 Å². The molecule has 0 rings (SSSR count). The summed E-state index contributed by atoms with van der Waals surface area (Å²) in [5.41, 5.74) is 0. The monoisotopic (exact) mass is 404 g/mol. The number of unbranched alkanes of at least 4 members (excludes halogenated alkanes) is 6. The molecular weight excluding hydrogens is 364 g/mol. The van der Waals surface area contributed by atoms with E-state index in [1.165, 1.54) is 0 Å². The Hall–Kier alpha value is -1.18. The summed E-state index contributed by atoms with van der Waals surface area (Å²) in [5, 5.41) is 8.62. The minimum absolute atomic E-state index is 0.0342. The summed E-state index contributed by atoms with van der Waals surface area (Å²) in [6.45, 7) is 8.62. The van der Waals surface area contributed by atoms with Crippen molar-refractivity contribution in [3.05, 3.63) is 0 Å². The van der Waals surface area contributed by atoms with E-state index in [4.69, 9.17) is 24.1 Å². The lowest BCUT2D eigenvalue weighted by Gasteiger charge is -2.32. The molecule has 1 atom stereocenters. The van der Waals surface area contributed by atoms with Crippen molar-refractivity contribution < 1.29 is 33.6 Å². The van der Waals surface area contributed by atoms with Gasteiger partial charge in [-0.25, -0.2) is 0 Å². The maximum absolute atomic E-state index is 11.8. The Kier molecular flexibility index (Phi) is 16.0. The summed E-state index contributed by atoms with van der Waals surface area (Å²) in [4.78, 5) is 22.3. The highest BCUT2D eigenvalue weighted by molar-refractivity contribution is 5.71. The molecule has 0 fully saturated rings. The van der Waals surface area contributed by atoms with Crippen molar-refractivity contribution in [3.63, 3.8) is 0 Å². The number of aliphatic carboxylic acids is 1. The van der Waals surface area contributed by atoms with Gasteiger partial charge >= 0.3 is 11.9 Å². The van der Waals surface area contributed by atoms with E-state index in [0.717, 1.165) is 51.4 Å². The van der Waals surface area contributed by atoms with Crippen molar-refractivity contribution in [2.45, 2.75) is 111 Å². The van der Waals surface area contributed by atoms with Crippen LogP contribution in [-0.2, 0) is 28.5 Å². The predicted molar refractivity (Wildman–Crippen MR) is 107 cm³/mol. The number of carbonyl (C=O) groups excluding carboxylic acids is 1. The average molecular weight is 405 g/mol. The summed E-state index contributed by atoms with van der Waals surface area (Å²) in [7, 11) is 0. The normalized spacial score (nSPS) is 12.7. The number of ether oxygens (including phenoxy) is 4. The lowest BCUT2D eigenvalue weighted by Crippen LogP contribution is -2.40. The first kappa shape index (κ1) is 26.8. The number of carbonyl (C=O) groups is 2. The molecule has 166 valence electrons. The lowest BCUT2D eigenvalue weighted by atomic mass is 10.2. The highest BCUT2D eigenvalue weighted by Crippen LogP contribution is 2.20. The van der Waals surface area contributed by atoms with Gasteiger partial charge in [-0.05, 0) is 26.2 Å². The molecule has 1 unspecified atom stereocenters. The summed E-state index contributed by atoms with van der Waals surface area (Å²) in [5.74, 6) is -2.71. The number of rotatable bonds is 19. The second-order valence-corrected chi connectivity index (χ2v) is 7.10. The van der Waals surface area contributed by atoms with Crippen molar-refractivity contribution in [1.82, 2.24) is 0 Å². The average Bonchev–Trinajstić information content (AvgIpc) is 2.60. The summed E-state index contributed by atoms with van der Waals surface area (Å²) in [6.07, 6.45) is 7.95. The largest absolute Gasteiger partial charge is 0.481 e. The molecule has 0 aromatic carbocycles. The van der Waals surface area contributed by atoms with Crippen LogP contribution in [0.3, 0.4) is 0 Å². The SMILES string of the molecule is CCCCCCOC(C)(OCCCCCC)OC(C)OC(=O)CCCC(=O)O. The van der Waals surface area contributed by atoms with Crippen LogP contribution < -0.4 is 0 Å². The van der Waals surface area contributed by atoms with Crippen LogP contribution in [0.1, 0.15) is 98.3 Å². The second-order valence-electron chi connectivity index (χ2n) is 7.10. The third kappa shape index (κ3) is 15.8. The highest BCUT2D eigenvalue weighted by Gasteiger charge is 2.31. The zero-order valence-corrected chi connectivity index (χ0v) is 18.2. The van der Waals surface area contributed by atoms with Crippen molar-refractivity contribution in [1.29, 1.82) is 0 Å². The minimum Gasteiger partial charge on any atom is -0.481 e. The highest BCUT2D eigenvalue weighted by atomic mass is 16.9. The molecule has 0 aliphatic heterocycles. The van der Waals surface area contributed by atoms with Gasteiger partial charge in [0.2, 0.25) is 6.29 Å². The standard InChI is InChI=1S/C21H40O7/c1-5-7-9-11-16-25-21(4,26-17-12-10-8-6-2)28-18(3)27-20(24)15-13-14-19(22)23/h18H,5-17H2,1-4H3,(H,22,23). The molecule has 0 spiro atoms. The third-order valence-electron chi connectivity index (χ3n) is 4.17. The van der Waals surface area contributed by atoms with Gasteiger partial charge in [-0.1, -0.05) is 52.4 Å². The zero-order valence-electron chi connectivity index (χ0n) is 18.2. The molecule has 7 nitrogen and oxygen atoms in total. The summed E-state index contributed by atoms with van der Waals surface area (Å²) >= 11 is 0. The Morgan fingerprint density at radius 2 is 1.39 bits per heavy atom. The molecule has 1 N–H and O–H groups in total. The van der Waals surface area contributed by atoms with Gasteiger partial charge in [0.1, 0.15) is 0 Å². The van der Waals surface area contributed by atoms with E-state index in [0.29, 0.717) is 13.2 Å². The smallest absolute Gasteiger partial charge is 0.308 e. The van der Waals surface area contributed by atoms with Crippen LogP contribution in [0.25, 0.3) is 0 Å². The molecule has 0 aromatic heterocycles. The van der Waals surface area contributed by atoms with E-state index in [1.54, 1.807) is 13.8 Å². The van der Waals surface area contributed by atoms with Gasteiger partial charge in [-0.3, -0.25) is 14.3 Å². The maximum atomic E-state index is 11.8. The van der Waals surface area contributed by atoms with Gasteiger partial charge in [-0.15, -0.1) is 0 Å². The van der Waals surface area contributed by atoms with Gasteiger partial charge in [0.25, 0.3) is 5.97 Å². The summed E-state index contributed by atoms with van der Waals surface area (Å²) < 4.78 is 22.6. The molecule has 7 heteroatoms. The van der Waals surface area contributed by atoms with E-state index in [1.807, 2.05) is 0 Å². The van der Waals surface area contributed by atoms with Gasteiger partial charge in [0, 0.05) is 19.8 Å². The first-order valence-electron chi connectivity index (χ1n) is 10.7. The van der Waals surface area contributed by atoms with E-state index in [2.05, 4.69) is 13.8 Å². The molecule has 28 heavy (non-hydrogen) atoms. The van der Waals surface area contributed by atoms with Crippen molar-refractivity contribution >= 4 is 11.9 Å². The van der Waals surface area contributed by atoms with Crippen molar-refractivity contribution in [2.24, 2.45) is 0 Å². The van der Waals surface area contributed by atoms with Crippen LogP contribution in [0.2, 0.25) is 0 Å². The molecule has 0 saturated carbocycles. The Bertz CT molecular complexity index is 398. The van der Waals surface area contributed by atoms with Crippen LogP contribution in [0.5, 0.6) is 0 Å². The topological polar surface area (TPSA) is 91.3 Å². The number of carboxylic acid groups (broad SMARTS) is 1. The molecule has 0 amide bonds. The van der Waals surface area contributed by atoms with Gasteiger partial charge in [-0.2, -0.15) is 0 Å². The van der Waals surface area contributed by atoms with Crippen molar-refractivity contribution in [3.8, 4) is 0 Å². The van der Waals surface area contributed by atoms with Crippen LogP contribution >= 0.6 is 0 Å². The Balaban J connectivity index is 4.44. The molecule has 0 aliphatic carbocycles. The fraction of sp³-hybridized carbons (Fsp3) is 0.905. The molecular formula is C21H40O7. The molecule has 0 radical (unpaired) electrons. The molecule has 0 aromatic rings. The molecule has 0 heterocycles. The minimum atomic E-state index is -1.28. The lowest BCUT2D eigenvalue weighted by molar-refractivity contribution is -0.403. The van der Waals surface area contributed by atoms with Crippen molar-refractivity contribution in [2.75, 3.05) is 13.2 Å². The van der Waals surface area contributed by atoms with E-state index < -0.39 is 24.2 Å². The fourth-order valence-corrected chi connectivity index (χ4v) is 2.64.